The molecule has 1 amide bonds. The van der Waals surface area contributed by atoms with E-state index in [1.54, 1.807) is 0 Å². The van der Waals surface area contributed by atoms with Crippen molar-refractivity contribution in [3.63, 3.8) is 0 Å². The van der Waals surface area contributed by atoms with E-state index in [0.29, 0.717) is 11.8 Å². The number of nitro groups is 1. The standard InChI is InChI=1S/C13H17BrN4O3/c1-6(9-5-7-2-3-8(9)4-7)15-13(19)11-10(14)12(17-16-11)18(20)21/h6-9H,2-5H2,1H3,(H,15,19)(H,16,17)/t6-,7+,8+,9+/m1/s1. The number of amides is 1. The molecule has 2 aliphatic rings. The number of fused-ring (bicyclic) bond motifs is 2. The van der Waals surface area contributed by atoms with Crippen molar-refractivity contribution in [2.24, 2.45) is 17.8 Å². The number of aromatic amines is 1. The zero-order valence-electron chi connectivity index (χ0n) is 11.6. The average molecular weight is 357 g/mol. The average Bonchev–Trinajstić information content (AvgIpc) is 3.12. The number of carbonyl (C=O) groups excluding carboxylic acids is 1. The minimum Gasteiger partial charge on any atom is -0.358 e. The van der Waals surface area contributed by atoms with E-state index >= 15 is 0 Å². The van der Waals surface area contributed by atoms with Gasteiger partial charge in [-0.25, -0.2) is 0 Å². The second-order valence-electron chi connectivity index (χ2n) is 6.09. The predicted octanol–water partition coefficient (Wildman–Crippen LogP) is 2.63. The molecule has 2 fully saturated rings. The number of rotatable bonds is 4. The Morgan fingerprint density at radius 2 is 2.29 bits per heavy atom. The Kier molecular flexibility index (Phi) is 3.73. The van der Waals surface area contributed by atoms with Crippen LogP contribution in [-0.2, 0) is 0 Å². The monoisotopic (exact) mass is 356 g/mol. The first kappa shape index (κ1) is 14.5. The van der Waals surface area contributed by atoms with Gasteiger partial charge in [-0.05, 0) is 64.8 Å². The first-order valence-electron chi connectivity index (χ1n) is 7.16. The highest BCUT2D eigenvalue weighted by Gasteiger charge is 2.42. The van der Waals surface area contributed by atoms with E-state index in [0.717, 1.165) is 5.92 Å². The van der Waals surface area contributed by atoms with Gasteiger partial charge in [0.2, 0.25) is 0 Å². The third-order valence-electron chi connectivity index (χ3n) is 4.88. The largest absolute Gasteiger partial charge is 0.358 e. The Morgan fingerprint density at radius 1 is 1.52 bits per heavy atom. The van der Waals surface area contributed by atoms with Crippen LogP contribution in [0, 0.1) is 27.9 Å². The second kappa shape index (κ2) is 5.40. The Bertz CT molecular complexity index is 588. The lowest BCUT2D eigenvalue weighted by Crippen LogP contribution is -2.40. The fourth-order valence-electron chi connectivity index (χ4n) is 3.88. The molecule has 21 heavy (non-hydrogen) atoms. The summed E-state index contributed by atoms with van der Waals surface area (Å²) in [4.78, 5) is 22.4. The molecule has 7 nitrogen and oxygen atoms in total. The highest BCUT2D eigenvalue weighted by molar-refractivity contribution is 9.10. The molecule has 2 bridgehead atoms. The maximum atomic E-state index is 12.2. The lowest BCUT2D eigenvalue weighted by atomic mass is 9.84. The molecule has 1 aromatic rings. The number of nitrogens with zero attached hydrogens (tertiary/aromatic N) is 2. The molecule has 1 heterocycles. The van der Waals surface area contributed by atoms with Gasteiger partial charge in [0, 0.05) is 6.04 Å². The first-order valence-corrected chi connectivity index (χ1v) is 7.95. The van der Waals surface area contributed by atoms with E-state index in [-0.39, 0.29) is 27.9 Å². The summed E-state index contributed by atoms with van der Waals surface area (Å²) in [6.45, 7) is 2.01. The molecular weight excluding hydrogens is 340 g/mol. The Hall–Kier alpha value is -1.44. The summed E-state index contributed by atoms with van der Waals surface area (Å²) >= 11 is 3.06. The third-order valence-corrected chi connectivity index (χ3v) is 5.63. The van der Waals surface area contributed by atoms with Gasteiger partial charge in [-0.1, -0.05) is 11.5 Å². The molecule has 114 valence electrons. The van der Waals surface area contributed by atoms with Crippen molar-refractivity contribution >= 4 is 27.7 Å². The second-order valence-corrected chi connectivity index (χ2v) is 6.89. The van der Waals surface area contributed by atoms with Crippen LogP contribution >= 0.6 is 15.9 Å². The lowest BCUT2D eigenvalue weighted by molar-refractivity contribution is -0.390. The molecule has 3 rings (SSSR count). The van der Waals surface area contributed by atoms with Crippen LogP contribution in [0.5, 0.6) is 0 Å². The fourth-order valence-corrected chi connectivity index (χ4v) is 4.38. The quantitative estimate of drug-likeness (QED) is 0.639. The smallest absolute Gasteiger partial charge is 0.357 e. The molecule has 0 spiro atoms. The number of hydrogen-bond acceptors (Lipinski definition) is 4. The summed E-state index contributed by atoms with van der Waals surface area (Å²) in [6.07, 6.45) is 5.03. The molecular formula is C13H17BrN4O3. The summed E-state index contributed by atoms with van der Waals surface area (Å²) in [6, 6.07) is 0.0652. The third kappa shape index (κ3) is 2.56. The van der Waals surface area contributed by atoms with E-state index in [1.807, 2.05) is 6.92 Å². The lowest BCUT2D eigenvalue weighted by Gasteiger charge is -2.28. The molecule has 2 saturated carbocycles. The fraction of sp³-hybridized carbons (Fsp3) is 0.692. The van der Waals surface area contributed by atoms with E-state index in [2.05, 4.69) is 31.4 Å². The van der Waals surface area contributed by atoms with E-state index in [1.165, 1.54) is 25.7 Å². The maximum Gasteiger partial charge on any atom is 0.357 e. The van der Waals surface area contributed by atoms with E-state index in [9.17, 15) is 14.9 Å². The van der Waals surface area contributed by atoms with Crippen LogP contribution in [0.1, 0.15) is 43.1 Å². The summed E-state index contributed by atoms with van der Waals surface area (Å²) in [5.74, 6) is 1.37. The SMILES string of the molecule is C[C@@H](NC(=O)c1n[nH]c([N+](=O)[O-])c1Br)[C@@H]1C[C@H]2CC[C@H]1C2. The summed E-state index contributed by atoms with van der Waals surface area (Å²) < 4.78 is 0.102. The molecule has 0 aromatic carbocycles. The number of aromatic nitrogens is 2. The van der Waals surface area contributed by atoms with Gasteiger partial charge in [0.1, 0.15) is 4.47 Å². The Labute approximate surface area is 130 Å². The molecule has 1 aromatic heterocycles. The summed E-state index contributed by atoms with van der Waals surface area (Å²) in [7, 11) is 0. The highest BCUT2D eigenvalue weighted by atomic mass is 79.9. The van der Waals surface area contributed by atoms with Gasteiger partial charge in [-0.2, -0.15) is 0 Å². The van der Waals surface area contributed by atoms with Crippen LogP contribution in [0.4, 0.5) is 5.82 Å². The molecule has 2 N–H and O–H groups in total. The van der Waals surface area contributed by atoms with Crippen molar-refractivity contribution in [2.75, 3.05) is 0 Å². The van der Waals surface area contributed by atoms with Crippen molar-refractivity contribution in [1.82, 2.24) is 15.5 Å². The minimum absolute atomic E-state index is 0.0386. The van der Waals surface area contributed by atoms with Crippen LogP contribution in [0.15, 0.2) is 4.47 Å². The van der Waals surface area contributed by atoms with Gasteiger partial charge >= 0.3 is 5.82 Å². The normalized spacial score (nSPS) is 28.6. The summed E-state index contributed by atoms with van der Waals surface area (Å²) in [5, 5.41) is 19.7. The number of halogens is 1. The van der Waals surface area contributed by atoms with Crippen molar-refractivity contribution in [3.8, 4) is 0 Å². The predicted molar refractivity (Wildman–Crippen MR) is 78.8 cm³/mol. The molecule has 0 saturated heterocycles. The molecule has 4 atom stereocenters. The van der Waals surface area contributed by atoms with E-state index in [4.69, 9.17) is 0 Å². The van der Waals surface area contributed by atoms with Crippen LogP contribution in [0.25, 0.3) is 0 Å². The zero-order valence-corrected chi connectivity index (χ0v) is 13.2. The van der Waals surface area contributed by atoms with Crippen LogP contribution in [0.3, 0.4) is 0 Å². The van der Waals surface area contributed by atoms with Gasteiger partial charge in [0.15, 0.2) is 5.69 Å². The van der Waals surface area contributed by atoms with E-state index < -0.39 is 4.92 Å². The number of carbonyl (C=O) groups is 1. The molecule has 2 aliphatic carbocycles. The maximum absolute atomic E-state index is 12.2. The van der Waals surface area contributed by atoms with Crippen molar-refractivity contribution in [3.05, 3.63) is 20.3 Å². The Morgan fingerprint density at radius 3 is 2.81 bits per heavy atom. The highest BCUT2D eigenvalue weighted by Crippen LogP contribution is 2.49. The molecule has 0 aliphatic heterocycles. The van der Waals surface area contributed by atoms with Gasteiger partial charge in [0.25, 0.3) is 5.91 Å². The van der Waals surface area contributed by atoms with Crippen molar-refractivity contribution in [2.45, 2.75) is 38.6 Å². The molecule has 0 radical (unpaired) electrons. The minimum atomic E-state index is -0.604. The van der Waals surface area contributed by atoms with Crippen LogP contribution in [-0.4, -0.2) is 27.1 Å². The summed E-state index contributed by atoms with van der Waals surface area (Å²) in [5.41, 5.74) is 0.0386. The molecule has 8 heteroatoms. The van der Waals surface area contributed by atoms with Gasteiger partial charge in [-0.3, -0.25) is 4.79 Å². The number of H-pyrrole nitrogens is 1. The molecule has 0 unspecified atom stereocenters. The van der Waals surface area contributed by atoms with Crippen LogP contribution in [0.2, 0.25) is 0 Å². The van der Waals surface area contributed by atoms with Crippen molar-refractivity contribution < 1.29 is 9.72 Å². The topological polar surface area (TPSA) is 101 Å². The Balaban J connectivity index is 1.67. The first-order chi connectivity index (χ1) is 9.97. The number of nitrogens with one attached hydrogen (secondary N) is 2. The van der Waals surface area contributed by atoms with Gasteiger partial charge in [0.05, 0.1) is 0 Å². The van der Waals surface area contributed by atoms with Crippen molar-refractivity contribution in [1.29, 1.82) is 0 Å². The number of hydrogen-bond donors (Lipinski definition) is 2. The van der Waals surface area contributed by atoms with Gasteiger partial charge in [-0.15, -0.1) is 5.10 Å². The van der Waals surface area contributed by atoms with Crippen LogP contribution < -0.4 is 5.32 Å². The zero-order chi connectivity index (χ0) is 15.1. The van der Waals surface area contributed by atoms with Gasteiger partial charge < -0.3 is 15.4 Å².